The van der Waals surface area contributed by atoms with Crippen molar-refractivity contribution in [2.24, 2.45) is 0 Å². The predicted octanol–water partition coefficient (Wildman–Crippen LogP) is 5.85. The summed E-state index contributed by atoms with van der Waals surface area (Å²) in [5.74, 6) is 0.236. The second kappa shape index (κ2) is 10.8. The highest BCUT2D eigenvalue weighted by Gasteiger charge is 2.38. The zero-order valence-electron chi connectivity index (χ0n) is 20.5. The lowest BCUT2D eigenvalue weighted by Crippen LogP contribution is -2.47. The minimum absolute atomic E-state index is 0.0371. The van der Waals surface area contributed by atoms with Crippen LogP contribution in [0.4, 0.5) is 4.39 Å². The molecule has 0 N–H and O–H groups in total. The van der Waals surface area contributed by atoms with E-state index in [9.17, 15) is 14.0 Å². The summed E-state index contributed by atoms with van der Waals surface area (Å²) in [6, 6.07) is 15.5. The Kier molecular flexibility index (Phi) is 7.37. The van der Waals surface area contributed by atoms with Gasteiger partial charge in [0.25, 0.3) is 5.91 Å². The van der Waals surface area contributed by atoms with Crippen LogP contribution in [0.25, 0.3) is 0 Å². The van der Waals surface area contributed by atoms with E-state index in [-0.39, 0.29) is 36.3 Å². The molecule has 188 valence electrons. The third kappa shape index (κ3) is 5.31. The maximum atomic E-state index is 13.7. The van der Waals surface area contributed by atoms with Gasteiger partial charge in [-0.25, -0.2) is 4.39 Å². The van der Waals surface area contributed by atoms with E-state index in [1.165, 1.54) is 17.0 Å². The molecule has 2 amide bonds. The number of rotatable bonds is 9. The molecular formula is C29H31FN2O3S. The molecule has 1 saturated carbocycles. The van der Waals surface area contributed by atoms with Gasteiger partial charge >= 0.3 is 0 Å². The lowest BCUT2D eigenvalue weighted by molar-refractivity contribution is -0.134. The van der Waals surface area contributed by atoms with Gasteiger partial charge in [-0.05, 0) is 84.7 Å². The smallest absolute Gasteiger partial charge is 0.254 e. The number of halogens is 1. The van der Waals surface area contributed by atoms with Gasteiger partial charge in [0.1, 0.15) is 18.1 Å². The fraction of sp³-hybridized carbons (Fsp3) is 0.379. The molecule has 1 unspecified atom stereocenters. The Morgan fingerprint density at radius 2 is 1.83 bits per heavy atom. The normalized spacial score (nSPS) is 16.9. The fourth-order valence-electron chi connectivity index (χ4n) is 4.77. The third-order valence-corrected chi connectivity index (χ3v) is 7.89. The molecule has 7 heteroatoms. The van der Waals surface area contributed by atoms with Crippen molar-refractivity contribution in [3.63, 3.8) is 0 Å². The highest BCUT2D eigenvalue weighted by atomic mass is 32.1. The second-order valence-electron chi connectivity index (χ2n) is 9.48. The lowest BCUT2D eigenvalue weighted by Gasteiger charge is -2.37. The van der Waals surface area contributed by atoms with Crippen LogP contribution in [-0.4, -0.2) is 47.4 Å². The Balaban J connectivity index is 1.34. The first-order valence-electron chi connectivity index (χ1n) is 12.7. The molecule has 1 atom stereocenters. The van der Waals surface area contributed by atoms with Gasteiger partial charge in [0.2, 0.25) is 5.91 Å². The quantitative estimate of drug-likeness (QED) is 0.342. The van der Waals surface area contributed by atoms with Gasteiger partial charge in [-0.15, -0.1) is 11.3 Å². The van der Waals surface area contributed by atoms with Gasteiger partial charge in [-0.1, -0.05) is 25.5 Å². The van der Waals surface area contributed by atoms with Crippen LogP contribution in [0.15, 0.2) is 60.0 Å². The number of thiophene rings is 1. The van der Waals surface area contributed by atoms with Crippen LogP contribution in [-0.2, 0) is 11.2 Å². The van der Waals surface area contributed by atoms with Crippen molar-refractivity contribution in [3.8, 4) is 5.75 Å². The van der Waals surface area contributed by atoms with Crippen molar-refractivity contribution < 1.29 is 18.7 Å². The summed E-state index contributed by atoms with van der Waals surface area (Å²) in [6.45, 7) is 3.38. The molecule has 0 bridgehead atoms. The molecule has 2 heterocycles. The minimum Gasteiger partial charge on any atom is -0.494 e. The van der Waals surface area contributed by atoms with E-state index in [2.05, 4.69) is 13.0 Å². The predicted molar refractivity (Wildman–Crippen MR) is 139 cm³/mol. The van der Waals surface area contributed by atoms with Crippen LogP contribution < -0.4 is 4.74 Å². The number of hydrogen-bond donors (Lipinski definition) is 0. The molecule has 1 aliphatic heterocycles. The summed E-state index contributed by atoms with van der Waals surface area (Å²) in [7, 11) is 0. The lowest BCUT2D eigenvalue weighted by atomic mass is 9.93. The number of nitrogens with zero attached hydrogens (tertiary/aromatic N) is 2. The molecule has 0 radical (unpaired) electrons. The summed E-state index contributed by atoms with van der Waals surface area (Å²) < 4.78 is 19.4. The third-order valence-electron chi connectivity index (χ3n) is 6.89. The van der Waals surface area contributed by atoms with Crippen molar-refractivity contribution in [2.75, 3.05) is 19.7 Å². The largest absolute Gasteiger partial charge is 0.494 e. The van der Waals surface area contributed by atoms with Crippen LogP contribution >= 0.6 is 11.3 Å². The van der Waals surface area contributed by atoms with Gasteiger partial charge in [-0.2, -0.15) is 0 Å². The van der Waals surface area contributed by atoms with Crippen molar-refractivity contribution in [1.82, 2.24) is 9.80 Å². The molecule has 0 spiro atoms. The minimum atomic E-state index is -0.301. The number of amides is 2. The van der Waals surface area contributed by atoms with Crippen molar-refractivity contribution in [3.05, 3.63) is 87.4 Å². The number of ether oxygens (including phenoxy) is 1. The van der Waals surface area contributed by atoms with Gasteiger partial charge in [0.15, 0.2) is 0 Å². The van der Waals surface area contributed by atoms with E-state index in [4.69, 9.17) is 4.74 Å². The Hall–Kier alpha value is -3.19. The van der Waals surface area contributed by atoms with Crippen molar-refractivity contribution in [2.45, 2.75) is 51.1 Å². The summed E-state index contributed by atoms with van der Waals surface area (Å²) in [5.41, 5.74) is 2.53. The van der Waals surface area contributed by atoms with Crippen LogP contribution in [0.5, 0.6) is 5.75 Å². The molecule has 2 aliphatic rings. The number of fused-ring (bicyclic) bond motifs is 1. The van der Waals surface area contributed by atoms with Crippen molar-refractivity contribution in [1.29, 1.82) is 0 Å². The summed E-state index contributed by atoms with van der Waals surface area (Å²) >= 11 is 1.69. The first-order chi connectivity index (χ1) is 17.5. The number of benzene rings is 2. The molecule has 1 aromatic heterocycles. The maximum absolute atomic E-state index is 13.7. The van der Waals surface area contributed by atoms with E-state index in [0.717, 1.165) is 49.0 Å². The highest BCUT2D eigenvalue weighted by molar-refractivity contribution is 7.10. The standard InChI is InChI=1S/C29H31FN2O3S/c1-2-3-17-35-24-12-6-21(7-13-24)29(34)32(23-10-11-23)19-27(33)31-16-14-26-25(15-18-36-26)28(31)20-4-8-22(30)9-5-20/h4-9,12-13,15,18,23,28H,2-3,10-11,14,16-17,19H2,1H3. The van der Waals surface area contributed by atoms with Gasteiger partial charge in [-0.3, -0.25) is 9.59 Å². The topological polar surface area (TPSA) is 49.9 Å². The van der Waals surface area contributed by atoms with Crippen LogP contribution in [0.1, 0.15) is 65.0 Å². The van der Waals surface area contributed by atoms with Gasteiger partial charge in [0, 0.05) is 23.0 Å². The van der Waals surface area contributed by atoms with Gasteiger partial charge < -0.3 is 14.5 Å². The highest BCUT2D eigenvalue weighted by Crippen LogP contribution is 2.38. The second-order valence-corrected chi connectivity index (χ2v) is 10.5. The van der Waals surface area contributed by atoms with Crippen LogP contribution in [0.3, 0.4) is 0 Å². The maximum Gasteiger partial charge on any atom is 0.254 e. The molecule has 1 aliphatic carbocycles. The Labute approximate surface area is 215 Å². The Bertz CT molecular complexity index is 1200. The van der Waals surface area contributed by atoms with E-state index >= 15 is 0 Å². The zero-order valence-corrected chi connectivity index (χ0v) is 21.3. The molecule has 3 aromatic rings. The van der Waals surface area contributed by atoms with Gasteiger partial charge in [0.05, 0.1) is 12.6 Å². The van der Waals surface area contributed by atoms with Crippen LogP contribution in [0.2, 0.25) is 0 Å². The molecule has 0 saturated heterocycles. The van der Waals surface area contributed by atoms with E-state index < -0.39 is 0 Å². The molecular weight excluding hydrogens is 475 g/mol. The fourth-order valence-corrected chi connectivity index (χ4v) is 5.68. The van der Waals surface area contributed by atoms with E-state index in [0.29, 0.717) is 18.7 Å². The number of carbonyl (C=O) groups is 2. The SMILES string of the molecule is CCCCOc1ccc(C(=O)N(CC(=O)N2CCc3sccc3C2c2ccc(F)cc2)C2CC2)cc1. The molecule has 5 nitrogen and oxygen atoms in total. The zero-order chi connectivity index (χ0) is 25.1. The summed E-state index contributed by atoms with van der Waals surface area (Å²) in [5, 5.41) is 2.05. The first-order valence-corrected chi connectivity index (χ1v) is 13.6. The Morgan fingerprint density at radius 1 is 1.08 bits per heavy atom. The molecule has 5 rings (SSSR count). The van der Waals surface area contributed by atoms with Crippen molar-refractivity contribution >= 4 is 23.2 Å². The Morgan fingerprint density at radius 3 is 2.53 bits per heavy atom. The summed E-state index contributed by atoms with van der Waals surface area (Å²) in [6.07, 6.45) is 4.65. The first kappa shape index (κ1) is 24.5. The molecule has 1 fully saturated rings. The monoisotopic (exact) mass is 506 g/mol. The summed E-state index contributed by atoms with van der Waals surface area (Å²) in [4.78, 5) is 32.0. The average Bonchev–Trinajstić information content (AvgIpc) is 3.63. The van der Waals surface area contributed by atoms with E-state index in [1.54, 1.807) is 40.5 Å². The average molecular weight is 507 g/mol. The number of carbonyl (C=O) groups excluding carboxylic acids is 2. The molecule has 2 aromatic carbocycles. The number of hydrogen-bond acceptors (Lipinski definition) is 4. The van der Waals surface area contributed by atoms with E-state index in [1.807, 2.05) is 22.4 Å². The number of unbranched alkanes of at least 4 members (excludes halogenated alkanes) is 1. The molecule has 36 heavy (non-hydrogen) atoms. The van der Waals surface area contributed by atoms with Crippen LogP contribution in [0, 0.1) is 5.82 Å².